The lowest BCUT2D eigenvalue weighted by Gasteiger charge is -2.21. The number of aromatic nitrogens is 3. The summed E-state index contributed by atoms with van der Waals surface area (Å²) in [5, 5.41) is 14.0. The van der Waals surface area contributed by atoms with Crippen LogP contribution in [0.2, 0.25) is 10.0 Å². The largest absolute Gasteiger partial charge is 0.507 e. The smallest absolute Gasteiger partial charge is 0.450 e. The highest BCUT2D eigenvalue weighted by molar-refractivity contribution is 6.34. The van der Waals surface area contributed by atoms with Crippen molar-refractivity contribution in [1.82, 2.24) is 14.3 Å². The fourth-order valence-electron chi connectivity index (χ4n) is 2.69. The maximum Gasteiger partial charge on any atom is 0.507 e. The first kappa shape index (κ1) is 18.6. The SMILES string of the molecule is Cl.O=C(O)OC1CCCc2nn(Cc3cc(Cl)cc(Cl)c3)c(=O)n21. The number of aryl methyl sites for hydroxylation is 1. The summed E-state index contributed by atoms with van der Waals surface area (Å²) in [6.07, 6.45) is -0.492. The second-order valence-electron chi connectivity index (χ2n) is 5.23. The average Bonchev–Trinajstić information content (AvgIpc) is 2.75. The molecule has 3 rings (SSSR count). The molecule has 1 aromatic carbocycles. The van der Waals surface area contributed by atoms with E-state index >= 15 is 0 Å². The molecule has 1 N–H and O–H groups in total. The van der Waals surface area contributed by atoms with Crippen LogP contribution in [-0.2, 0) is 17.7 Å². The minimum absolute atomic E-state index is 0. The zero-order valence-electron chi connectivity index (χ0n) is 12.3. The number of rotatable bonds is 3. The van der Waals surface area contributed by atoms with Crippen molar-refractivity contribution in [3.05, 3.63) is 50.1 Å². The van der Waals surface area contributed by atoms with Gasteiger partial charge in [0, 0.05) is 22.9 Å². The molecule has 0 saturated heterocycles. The van der Waals surface area contributed by atoms with Gasteiger partial charge in [-0.3, -0.25) is 0 Å². The van der Waals surface area contributed by atoms with E-state index < -0.39 is 18.1 Å². The summed E-state index contributed by atoms with van der Waals surface area (Å²) in [5.41, 5.74) is 0.317. The Morgan fingerprint density at radius 3 is 2.62 bits per heavy atom. The van der Waals surface area contributed by atoms with E-state index in [-0.39, 0.29) is 19.0 Å². The maximum atomic E-state index is 12.5. The third-order valence-corrected chi connectivity index (χ3v) is 4.01. The molecule has 0 amide bonds. The molecule has 1 aromatic heterocycles. The Kier molecular flexibility index (Phi) is 5.79. The van der Waals surface area contributed by atoms with Gasteiger partial charge in [0.25, 0.3) is 0 Å². The quantitative estimate of drug-likeness (QED) is 0.807. The van der Waals surface area contributed by atoms with Gasteiger partial charge in [-0.1, -0.05) is 23.2 Å². The fourth-order valence-corrected chi connectivity index (χ4v) is 3.27. The Bertz CT molecular complexity index is 798. The van der Waals surface area contributed by atoms with Crippen molar-refractivity contribution in [1.29, 1.82) is 0 Å². The van der Waals surface area contributed by atoms with Gasteiger partial charge in [-0.2, -0.15) is 5.10 Å². The highest BCUT2D eigenvalue weighted by atomic mass is 35.5. The summed E-state index contributed by atoms with van der Waals surface area (Å²) in [6, 6.07) is 5.00. The summed E-state index contributed by atoms with van der Waals surface area (Å²) >= 11 is 11.9. The van der Waals surface area contributed by atoms with Crippen molar-refractivity contribution in [3.63, 3.8) is 0 Å². The molecular weight excluding hydrogens is 381 g/mol. The molecule has 0 saturated carbocycles. The number of carbonyl (C=O) groups is 1. The highest BCUT2D eigenvalue weighted by Crippen LogP contribution is 2.23. The zero-order valence-corrected chi connectivity index (χ0v) is 14.6. The molecule has 0 spiro atoms. The molecule has 2 aromatic rings. The van der Waals surface area contributed by atoms with Crippen molar-refractivity contribution >= 4 is 41.8 Å². The normalized spacial score (nSPS) is 16.2. The number of ether oxygens (including phenoxy) is 1. The first-order chi connectivity index (χ1) is 10.9. The van der Waals surface area contributed by atoms with Crippen LogP contribution in [0.5, 0.6) is 0 Å². The van der Waals surface area contributed by atoms with Crippen LogP contribution >= 0.6 is 35.6 Å². The maximum absolute atomic E-state index is 12.5. The Morgan fingerprint density at radius 2 is 2.00 bits per heavy atom. The lowest BCUT2D eigenvalue weighted by Crippen LogP contribution is -2.33. The molecule has 0 bridgehead atoms. The number of hydrogen-bond donors (Lipinski definition) is 1. The van der Waals surface area contributed by atoms with E-state index in [0.717, 1.165) is 5.56 Å². The number of halogens is 3. The number of nitrogens with zero attached hydrogens (tertiary/aromatic N) is 3. The lowest BCUT2D eigenvalue weighted by atomic mass is 10.1. The van der Waals surface area contributed by atoms with Crippen LogP contribution < -0.4 is 5.69 Å². The molecule has 24 heavy (non-hydrogen) atoms. The minimum Gasteiger partial charge on any atom is -0.450 e. The molecule has 1 unspecified atom stereocenters. The first-order valence-electron chi connectivity index (χ1n) is 6.97. The molecule has 10 heteroatoms. The van der Waals surface area contributed by atoms with Crippen LogP contribution in [0.1, 0.15) is 30.5 Å². The van der Waals surface area contributed by atoms with Gasteiger partial charge in [0.2, 0.25) is 0 Å². The predicted octanol–water partition coefficient (Wildman–Crippen LogP) is 3.35. The molecule has 7 nitrogen and oxygen atoms in total. The standard InChI is InChI=1S/C14H13Cl2N3O4.ClH/c15-9-4-8(5-10(16)6-9)7-18-13(20)19-11(17-18)2-1-3-12(19)23-14(21)22;/h4-6,12H,1-3,7H2,(H,21,22);1H. The second-order valence-corrected chi connectivity index (χ2v) is 6.11. The van der Waals surface area contributed by atoms with E-state index in [9.17, 15) is 9.59 Å². The number of carboxylic acid groups (broad SMARTS) is 1. The van der Waals surface area contributed by atoms with Gasteiger partial charge in [-0.05, 0) is 30.2 Å². The summed E-state index contributed by atoms with van der Waals surface area (Å²) in [5.74, 6) is 0.514. The Morgan fingerprint density at radius 1 is 1.33 bits per heavy atom. The predicted molar refractivity (Wildman–Crippen MR) is 90.4 cm³/mol. The molecular formula is C14H14Cl3N3O4. The van der Waals surface area contributed by atoms with Crippen molar-refractivity contribution < 1.29 is 14.6 Å². The number of hydrogen-bond acceptors (Lipinski definition) is 4. The fraction of sp³-hybridized carbons (Fsp3) is 0.357. The molecule has 0 radical (unpaired) electrons. The van der Waals surface area contributed by atoms with Crippen molar-refractivity contribution in [2.75, 3.05) is 0 Å². The summed E-state index contributed by atoms with van der Waals surface area (Å²) in [6.45, 7) is 0.193. The minimum atomic E-state index is -1.41. The monoisotopic (exact) mass is 393 g/mol. The van der Waals surface area contributed by atoms with E-state index in [2.05, 4.69) is 5.10 Å². The zero-order chi connectivity index (χ0) is 16.6. The van der Waals surface area contributed by atoms with E-state index in [1.807, 2.05) is 0 Å². The van der Waals surface area contributed by atoms with Gasteiger partial charge < -0.3 is 9.84 Å². The van der Waals surface area contributed by atoms with Crippen LogP contribution in [0, 0.1) is 0 Å². The van der Waals surface area contributed by atoms with E-state index in [0.29, 0.717) is 35.1 Å². The molecule has 2 heterocycles. The van der Waals surface area contributed by atoms with Crippen molar-refractivity contribution in [2.24, 2.45) is 0 Å². The van der Waals surface area contributed by atoms with Crippen LogP contribution in [0.4, 0.5) is 4.79 Å². The van der Waals surface area contributed by atoms with E-state index in [1.54, 1.807) is 18.2 Å². The summed E-state index contributed by atoms with van der Waals surface area (Å²) < 4.78 is 7.34. The first-order valence-corrected chi connectivity index (χ1v) is 7.72. The Balaban J connectivity index is 0.00000208. The van der Waals surface area contributed by atoms with E-state index in [1.165, 1.54) is 9.25 Å². The van der Waals surface area contributed by atoms with E-state index in [4.69, 9.17) is 33.0 Å². The van der Waals surface area contributed by atoms with Gasteiger partial charge in [0.05, 0.1) is 6.54 Å². The van der Waals surface area contributed by atoms with Gasteiger partial charge in [-0.15, -0.1) is 12.4 Å². The molecule has 1 aliphatic rings. The lowest BCUT2D eigenvalue weighted by molar-refractivity contribution is 0.00392. The Labute approximate surface area is 153 Å². The van der Waals surface area contributed by atoms with Crippen LogP contribution in [0.25, 0.3) is 0 Å². The van der Waals surface area contributed by atoms with Gasteiger partial charge in [0.15, 0.2) is 6.23 Å². The van der Waals surface area contributed by atoms with Gasteiger partial charge in [-0.25, -0.2) is 18.8 Å². The molecule has 0 aliphatic carbocycles. The van der Waals surface area contributed by atoms with Gasteiger partial charge >= 0.3 is 11.8 Å². The van der Waals surface area contributed by atoms with Gasteiger partial charge in [0.1, 0.15) is 5.82 Å². The Hall–Kier alpha value is -1.70. The molecule has 0 fully saturated rings. The third kappa shape index (κ3) is 3.85. The summed E-state index contributed by atoms with van der Waals surface area (Å²) in [4.78, 5) is 23.3. The summed E-state index contributed by atoms with van der Waals surface area (Å²) in [7, 11) is 0. The van der Waals surface area contributed by atoms with Crippen LogP contribution in [0.3, 0.4) is 0 Å². The van der Waals surface area contributed by atoms with Crippen LogP contribution in [0.15, 0.2) is 23.0 Å². The highest BCUT2D eigenvalue weighted by Gasteiger charge is 2.28. The number of benzene rings is 1. The van der Waals surface area contributed by atoms with Crippen molar-refractivity contribution in [2.45, 2.75) is 32.0 Å². The average molecular weight is 395 g/mol. The topological polar surface area (TPSA) is 86.3 Å². The number of fused-ring (bicyclic) bond motifs is 1. The molecule has 1 atom stereocenters. The second kappa shape index (κ2) is 7.46. The van der Waals surface area contributed by atoms with Crippen LogP contribution in [-0.4, -0.2) is 25.6 Å². The third-order valence-electron chi connectivity index (χ3n) is 3.57. The molecule has 130 valence electrons. The van der Waals surface area contributed by atoms with Crippen molar-refractivity contribution in [3.8, 4) is 0 Å². The molecule has 1 aliphatic heterocycles.